The minimum absolute atomic E-state index is 0.0186. The van der Waals surface area contributed by atoms with Crippen LogP contribution in [0.3, 0.4) is 0 Å². The lowest BCUT2D eigenvalue weighted by Gasteiger charge is -2.30. The molecule has 0 heterocycles. The number of ketones is 1. The number of methoxy groups -OCH3 is 3. The van der Waals surface area contributed by atoms with Gasteiger partial charge in [0.05, 0.1) is 26.9 Å². The Morgan fingerprint density at radius 1 is 0.806 bits per heavy atom. The molecule has 0 spiro atoms. The topological polar surface area (TPSA) is 83.4 Å². The van der Waals surface area contributed by atoms with Crippen LogP contribution in [0.1, 0.15) is 51.9 Å². The summed E-state index contributed by atoms with van der Waals surface area (Å²) in [5, 5.41) is 4.02. The Kier molecular flexibility index (Phi) is 6.99. The third kappa shape index (κ3) is 5.34. The predicted molar refractivity (Wildman–Crippen MR) is 119 cm³/mol. The number of hydrogen-bond donors (Lipinski definition) is 0. The summed E-state index contributed by atoms with van der Waals surface area (Å²) in [4.78, 5) is 30.8. The molecule has 1 aromatic rings. The number of benzene rings is 1. The largest absolute Gasteiger partial charge is 0.493 e. The third-order valence-electron chi connectivity index (χ3n) is 4.82. The van der Waals surface area contributed by atoms with Crippen LogP contribution in [-0.4, -0.2) is 38.8 Å². The number of oxime groups is 1. The molecule has 1 aromatic carbocycles. The third-order valence-corrected chi connectivity index (χ3v) is 4.82. The van der Waals surface area contributed by atoms with Crippen molar-refractivity contribution in [2.45, 2.75) is 41.5 Å². The number of ether oxygens (including phenoxy) is 3. The minimum atomic E-state index is -0.694. The second-order valence-electron chi connectivity index (χ2n) is 9.25. The van der Waals surface area contributed by atoms with E-state index >= 15 is 0 Å². The van der Waals surface area contributed by atoms with E-state index < -0.39 is 5.97 Å². The Labute approximate surface area is 183 Å². The van der Waals surface area contributed by atoms with E-state index in [1.807, 2.05) is 41.5 Å². The van der Waals surface area contributed by atoms with Gasteiger partial charge in [-0.15, -0.1) is 0 Å². The summed E-state index contributed by atoms with van der Waals surface area (Å²) >= 11 is 0. The van der Waals surface area contributed by atoms with Crippen LogP contribution in [0.15, 0.2) is 40.6 Å². The van der Waals surface area contributed by atoms with E-state index in [-0.39, 0.29) is 22.2 Å². The number of carbonyl (C=O) groups is 2. The number of rotatable bonds is 5. The predicted octanol–water partition coefficient (Wildman–Crippen LogP) is 4.75. The van der Waals surface area contributed by atoms with E-state index in [4.69, 9.17) is 19.0 Å². The highest BCUT2D eigenvalue weighted by molar-refractivity contribution is 6.22. The highest BCUT2D eigenvalue weighted by Crippen LogP contribution is 2.39. The van der Waals surface area contributed by atoms with Gasteiger partial charge in [-0.2, -0.15) is 0 Å². The van der Waals surface area contributed by atoms with Gasteiger partial charge < -0.3 is 19.0 Å². The smallest absolute Gasteiger partial charge is 0.366 e. The molecule has 0 amide bonds. The molecule has 168 valence electrons. The molecule has 7 nitrogen and oxygen atoms in total. The molecular formula is C24H31NO6. The Morgan fingerprint density at radius 3 is 1.61 bits per heavy atom. The van der Waals surface area contributed by atoms with Gasteiger partial charge in [-0.05, 0) is 35.1 Å². The molecule has 0 radical (unpaired) electrons. The summed E-state index contributed by atoms with van der Waals surface area (Å²) in [7, 11) is 4.40. The monoisotopic (exact) mass is 429 g/mol. The fourth-order valence-corrected chi connectivity index (χ4v) is 3.13. The fourth-order valence-electron chi connectivity index (χ4n) is 3.13. The summed E-state index contributed by atoms with van der Waals surface area (Å²) < 4.78 is 15.8. The second kappa shape index (κ2) is 8.96. The number of hydrogen-bond acceptors (Lipinski definition) is 7. The van der Waals surface area contributed by atoms with Crippen molar-refractivity contribution in [3.63, 3.8) is 0 Å². The average Bonchev–Trinajstić information content (AvgIpc) is 2.69. The van der Waals surface area contributed by atoms with E-state index in [9.17, 15) is 9.59 Å². The van der Waals surface area contributed by atoms with Crippen molar-refractivity contribution >= 4 is 17.5 Å². The van der Waals surface area contributed by atoms with Gasteiger partial charge in [-0.3, -0.25) is 4.79 Å². The molecular weight excluding hydrogens is 398 g/mol. The maximum absolute atomic E-state index is 13.0. The first-order valence-electron chi connectivity index (χ1n) is 9.92. The van der Waals surface area contributed by atoms with Crippen LogP contribution in [0.25, 0.3) is 0 Å². The van der Waals surface area contributed by atoms with Gasteiger partial charge in [0.2, 0.25) is 5.75 Å². The van der Waals surface area contributed by atoms with Gasteiger partial charge in [0.25, 0.3) is 0 Å². The number of Topliss-reactive ketones (excluding diaryl/α,β-unsaturated/α-hetero) is 1. The van der Waals surface area contributed by atoms with Crippen molar-refractivity contribution in [1.29, 1.82) is 0 Å². The maximum Gasteiger partial charge on any atom is 0.366 e. The number of allylic oxidation sites excluding steroid dienone is 4. The van der Waals surface area contributed by atoms with Gasteiger partial charge in [0.15, 0.2) is 17.3 Å². The SMILES string of the molecule is COc1cc(C(=O)ON=C2C=C(C(C)(C)C)C(=O)C(C(C)(C)C)=C2)cc(OC)c1OC. The zero-order chi connectivity index (χ0) is 23.6. The van der Waals surface area contributed by atoms with Crippen molar-refractivity contribution in [3.8, 4) is 17.2 Å². The van der Waals surface area contributed by atoms with Crippen molar-refractivity contribution in [1.82, 2.24) is 0 Å². The first-order valence-corrected chi connectivity index (χ1v) is 9.92. The lowest BCUT2D eigenvalue weighted by atomic mass is 9.72. The molecule has 2 rings (SSSR count). The van der Waals surface area contributed by atoms with Crippen LogP contribution in [0.2, 0.25) is 0 Å². The Morgan fingerprint density at radius 2 is 1.26 bits per heavy atom. The lowest BCUT2D eigenvalue weighted by Crippen LogP contribution is -2.29. The molecule has 31 heavy (non-hydrogen) atoms. The van der Waals surface area contributed by atoms with E-state index in [1.54, 1.807) is 12.2 Å². The normalized spacial score (nSPS) is 14.5. The standard InChI is InChI=1S/C24H31NO6/c1-23(2,3)16-12-15(13-17(20(16)26)24(4,5)6)25-31-22(27)14-10-18(28-7)21(30-9)19(11-14)29-8/h10-13H,1-9H3. The molecule has 0 bridgehead atoms. The van der Waals surface area contributed by atoms with Gasteiger partial charge >= 0.3 is 5.97 Å². The highest BCUT2D eigenvalue weighted by atomic mass is 16.7. The molecule has 0 N–H and O–H groups in total. The first kappa shape index (κ1) is 24.2. The number of carbonyl (C=O) groups excluding carboxylic acids is 2. The Hall–Kier alpha value is -3.09. The molecule has 0 aliphatic heterocycles. The summed E-state index contributed by atoms with van der Waals surface area (Å²) in [5.41, 5.74) is 1.04. The maximum atomic E-state index is 13.0. The van der Waals surface area contributed by atoms with Crippen LogP contribution >= 0.6 is 0 Å². The van der Waals surface area contributed by atoms with Crippen LogP contribution in [-0.2, 0) is 9.63 Å². The molecule has 0 saturated heterocycles. The molecule has 0 unspecified atom stereocenters. The van der Waals surface area contributed by atoms with Gasteiger partial charge in [0, 0.05) is 11.1 Å². The zero-order valence-corrected chi connectivity index (χ0v) is 19.7. The van der Waals surface area contributed by atoms with E-state index in [0.717, 1.165) is 0 Å². The summed E-state index contributed by atoms with van der Waals surface area (Å²) in [5.74, 6) is 0.313. The van der Waals surface area contributed by atoms with Crippen molar-refractivity contribution in [3.05, 3.63) is 41.0 Å². The van der Waals surface area contributed by atoms with Crippen LogP contribution < -0.4 is 14.2 Å². The average molecular weight is 430 g/mol. The molecule has 0 saturated carbocycles. The van der Waals surface area contributed by atoms with Gasteiger partial charge in [-0.1, -0.05) is 46.7 Å². The van der Waals surface area contributed by atoms with Crippen LogP contribution in [0.4, 0.5) is 0 Å². The lowest BCUT2D eigenvalue weighted by molar-refractivity contribution is -0.114. The quantitative estimate of drug-likeness (QED) is 0.381. The summed E-state index contributed by atoms with van der Waals surface area (Å²) in [6, 6.07) is 2.97. The van der Waals surface area contributed by atoms with E-state index in [0.29, 0.717) is 34.1 Å². The van der Waals surface area contributed by atoms with Crippen LogP contribution in [0.5, 0.6) is 17.2 Å². The second-order valence-corrected chi connectivity index (χ2v) is 9.25. The molecule has 1 aliphatic carbocycles. The number of nitrogens with zero attached hydrogens (tertiary/aromatic N) is 1. The van der Waals surface area contributed by atoms with Crippen molar-refractivity contribution < 1.29 is 28.6 Å². The molecule has 0 atom stereocenters. The summed E-state index contributed by atoms with van der Waals surface area (Å²) in [6.07, 6.45) is 3.33. The fraction of sp³-hybridized carbons (Fsp3) is 0.458. The molecule has 7 heteroatoms. The van der Waals surface area contributed by atoms with E-state index in [2.05, 4.69) is 5.16 Å². The first-order chi connectivity index (χ1) is 14.3. The Bertz CT molecular complexity index is 910. The van der Waals surface area contributed by atoms with E-state index in [1.165, 1.54) is 33.5 Å². The molecule has 0 aromatic heterocycles. The molecule has 0 fully saturated rings. The highest BCUT2D eigenvalue weighted by Gasteiger charge is 2.34. The van der Waals surface area contributed by atoms with Crippen molar-refractivity contribution in [2.24, 2.45) is 16.0 Å². The molecule has 1 aliphatic rings. The van der Waals surface area contributed by atoms with Gasteiger partial charge in [-0.25, -0.2) is 4.79 Å². The Balaban J connectivity index is 2.43. The van der Waals surface area contributed by atoms with Gasteiger partial charge in [0.1, 0.15) is 5.71 Å². The minimum Gasteiger partial charge on any atom is -0.493 e. The summed E-state index contributed by atoms with van der Waals surface area (Å²) in [6.45, 7) is 11.8. The van der Waals surface area contributed by atoms with Crippen molar-refractivity contribution in [2.75, 3.05) is 21.3 Å². The van der Waals surface area contributed by atoms with Crippen LogP contribution in [0, 0.1) is 10.8 Å². The zero-order valence-electron chi connectivity index (χ0n) is 19.7.